The van der Waals surface area contributed by atoms with Crippen LogP contribution in [0.15, 0.2) is 96.4 Å². The highest BCUT2D eigenvalue weighted by molar-refractivity contribution is 7.92. The SMILES string of the molecule is C=CCN(c1ccccc1)S(=O)(=O)c1cccc(C(=O)OC(C)C(=O)Nc2ccc(N3CCOCC3)cc2)c1. The van der Waals surface area contributed by atoms with Gasteiger partial charge in [0.25, 0.3) is 15.9 Å². The fourth-order valence-corrected chi connectivity index (χ4v) is 5.55. The van der Waals surface area contributed by atoms with Gasteiger partial charge < -0.3 is 19.7 Å². The number of benzene rings is 3. The van der Waals surface area contributed by atoms with Gasteiger partial charge in [0.05, 0.1) is 35.9 Å². The van der Waals surface area contributed by atoms with Crippen LogP contribution in [0.25, 0.3) is 0 Å². The number of nitrogens with one attached hydrogen (secondary N) is 1. The van der Waals surface area contributed by atoms with Gasteiger partial charge in [-0.1, -0.05) is 30.3 Å². The number of esters is 1. The maximum absolute atomic E-state index is 13.4. The van der Waals surface area contributed by atoms with Crippen LogP contribution in [0.4, 0.5) is 17.1 Å². The van der Waals surface area contributed by atoms with Crippen LogP contribution in [-0.2, 0) is 24.3 Å². The molecule has 0 aromatic heterocycles. The predicted octanol–water partition coefficient (Wildman–Crippen LogP) is 4.09. The van der Waals surface area contributed by atoms with Crippen molar-refractivity contribution < 1.29 is 27.5 Å². The number of hydrogen-bond acceptors (Lipinski definition) is 7. The fraction of sp³-hybridized carbons (Fsp3) is 0.241. The number of anilines is 3. The Morgan fingerprint density at radius 1 is 1.05 bits per heavy atom. The van der Waals surface area contributed by atoms with E-state index >= 15 is 0 Å². The Labute approximate surface area is 228 Å². The zero-order chi connectivity index (χ0) is 27.8. The molecular weight excluding hydrogens is 518 g/mol. The van der Waals surface area contributed by atoms with Gasteiger partial charge in [-0.15, -0.1) is 6.58 Å². The molecule has 0 aliphatic carbocycles. The number of amides is 1. The van der Waals surface area contributed by atoms with Crippen LogP contribution in [0.1, 0.15) is 17.3 Å². The van der Waals surface area contributed by atoms with Gasteiger partial charge in [-0.3, -0.25) is 9.10 Å². The number of para-hydroxylation sites is 1. The second-order valence-electron chi connectivity index (χ2n) is 8.87. The molecule has 39 heavy (non-hydrogen) atoms. The minimum absolute atomic E-state index is 0.0113. The molecule has 1 aliphatic rings. The number of rotatable bonds is 10. The van der Waals surface area contributed by atoms with E-state index in [1.165, 1.54) is 41.6 Å². The number of ether oxygens (including phenoxy) is 2. The molecule has 1 N–H and O–H groups in total. The molecule has 1 atom stereocenters. The Bertz CT molecular complexity index is 1400. The maximum atomic E-state index is 13.4. The maximum Gasteiger partial charge on any atom is 0.338 e. The monoisotopic (exact) mass is 549 g/mol. The van der Waals surface area contributed by atoms with E-state index < -0.39 is 28.0 Å². The molecule has 1 saturated heterocycles. The van der Waals surface area contributed by atoms with E-state index in [9.17, 15) is 18.0 Å². The van der Waals surface area contributed by atoms with E-state index in [1.54, 1.807) is 42.5 Å². The molecule has 1 unspecified atom stereocenters. The summed E-state index contributed by atoms with van der Waals surface area (Å²) in [5.74, 6) is -1.32. The Morgan fingerprint density at radius 2 is 1.74 bits per heavy atom. The Morgan fingerprint density at radius 3 is 2.41 bits per heavy atom. The lowest BCUT2D eigenvalue weighted by atomic mass is 10.2. The molecule has 1 amide bonds. The molecular formula is C29H31N3O6S. The van der Waals surface area contributed by atoms with E-state index in [-0.39, 0.29) is 17.0 Å². The van der Waals surface area contributed by atoms with Crippen LogP contribution in [0.3, 0.4) is 0 Å². The summed E-state index contributed by atoms with van der Waals surface area (Å²) in [7, 11) is -4.00. The smallest absolute Gasteiger partial charge is 0.338 e. The standard InChI is InChI=1S/C29H31N3O6S/c1-3-16-32(26-9-5-4-6-10-26)39(35,36)27-11-7-8-23(21-27)29(34)38-22(2)28(33)30-24-12-14-25(15-13-24)31-17-19-37-20-18-31/h3-15,21-22H,1,16-20H2,2H3,(H,30,33). The van der Waals surface area contributed by atoms with Gasteiger partial charge in [-0.25, -0.2) is 13.2 Å². The molecule has 0 radical (unpaired) electrons. The number of carbonyl (C=O) groups excluding carboxylic acids is 2. The zero-order valence-corrected chi connectivity index (χ0v) is 22.5. The largest absolute Gasteiger partial charge is 0.449 e. The number of carbonyl (C=O) groups is 2. The third kappa shape index (κ3) is 6.84. The van der Waals surface area contributed by atoms with Crippen LogP contribution in [0, 0.1) is 0 Å². The first-order valence-corrected chi connectivity index (χ1v) is 14.0. The first-order valence-electron chi connectivity index (χ1n) is 12.5. The summed E-state index contributed by atoms with van der Waals surface area (Å²) in [4.78, 5) is 27.6. The van der Waals surface area contributed by atoms with E-state index in [1.807, 2.05) is 12.1 Å². The molecule has 0 bridgehead atoms. The Balaban J connectivity index is 1.41. The summed E-state index contributed by atoms with van der Waals surface area (Å²) < 4.78 is 38.7. The lowest BCUT2D eigenvalue weighted by molar-refractivity contribution is -0.123. The van der Waals surface area contributed by atoms with Crippen molar-refractivity contribution in [3.8, 4) is 0 Å². The molecule has 204 valence electrons. The third-order valence-corrected chi connectivity index (χ3v) is 7.95. The van der Waals surface area contributed by atoms with Crippen LogP contribution in [0.2, 0.25) is 0 Å². The molecule has 3 aromatic carbocycles. The molecule has 4 rings (SSSR count). The van der Waals surface area contributed by atoms with Gasteiger partial charge in [-0.05, 0) is 61.5 Å². The normalized spacial score (nSPS) is 14.2. The van der Waals surface area contributed by atoms with E-state index in [0.29, 0.717) is 24.6 Å². The fourth-order valence-electron chi connectivity index (χ4n) is 4.07. The number of morpholine rings is 1. The van der Waals surface area contributed by atoms with Crippen molar-refractivity contribution in [3.05, 3.63) is 97.1 Å². The summed E-state index contributed by atoms with van der Waals surface area (Å²) >= 11 is 0. The van der Waals surface area contributed by atoms with Crippen molar-refractivity contribution in [3.63, 3.8) is 0 Å². The molecule has 1 aliphatic heterocycles. The van der Waals surface area contributed by atoms with Crippen molar-refractivity contribution in [2.24, 2.45) is 0 Å². The lowest BCUT2D eigenvalue weighted by Gasteiger charge is -2.28. The van der Waals surface area contributed by atoms with Crippen LogP contribution < -0.4 is 14.5 Å². The second kappa shape index (κ2) is 12.6. The van der Waals surface area contributed by atoms with Crippen molar-refractivity contribution in [2.45, 2.75) is 17.9 Å². The zero-order valence-electron chi connectivity index (χ0n) is 21.7. The molecule has 9 nitrogen and oxygen atoms in total. The third-order valence-electron chi connectivity index (χ3n) is 6.16. The Kier molecular flexibility index (Phi) is 9.00. The number of sulfonamides is 1. The van der Waals surface area contributed by atoms with Crippen molar-refractivity contribution in [2.75, 3.05) is 47.4 Å². The summed E-state index contributed by atoms with van der Waals surface area (Å²) in [5, 5.41) is 2.74. The van der Waals surface area contributed by atoms with Crippen molar-refractivity contribution in [1.29, 1.82) is 0 Å². The molecule has 0 saturated carbocycles. The Hall–Kier alpha value is -4.15. The second-order valence-corrected chi connectivity index (χ2v) is 10.7. The summed E-state index contributed by atoms with van der Waals surface area (Å²) in [6.07, 6.45) is 0.373. The quantitative estimate of drug-likeness (QED) is 0.300. The van der Waals surface area contributed by atoms with Gasteiger partial charge in [-0.2, -0.15) is 0 Å². The van der Waals surface area contributed by atoms with E-state index in [4.69, 9.17) is 9.47 Å². The van der Waals surface area contributed by atoms with Gasteiger partial charge in [0.2, 0.25) is 0 Å². The van der Waals surface area contributed by atoms with Gasteiger partial charge >= 0.3 is 5.97 Å². The number of nitrogens with zero attached hydrogens (tertiary/aromatic N) is 2. The molecule has 10 heteroatoms. The highest BCUT2D eigenvalue weighted by Crippen LogP contribution is 2.25. The number of hydrogen-bond donors (Lipinski definition) is 1. The van der Waals surface area contributed by atoms with Crippen LogP contribution >= 0.6 is 0 Å². The van der Waals surface area contributed by atoms with Gasteiger partial charge in [0.1, 0.15) is 0 Å². The van der Waals surface area contributed by atoms with Gasteiger partial charge in [0, 0.05) is 24.5 Å². The van der Waals surface area contributed by atoms with Crippen molar-refractivity contribution in [1.82, 2.24) is 0 Å². The van der Waals surface area contributed by atoms with Gasteiger partial charge in [0.15, 0.2) is 6.10 Å². The summed E-state index contributed by atoms with van der Waals surface area (Å²) in [6.45, 7) is 8.13. The molecule has 3 aromatic rings. The van der Waals surface area contributed by atoms with E-state index in [2.05, 4.69) is 16.8 Å². The molecule has 1 fully saturated rings. The van der Waals surface area contributed by atoms with Crippen LogP contribution in [0.5, 0.6) is 0 Å². The lowest BCUT2D eigenvalue weighted by Crippen LogP contribution is -2.36. The average molecular weight is 550 g/mol. The van der Waals surface area contributed by atoms with E-state index in [0.717, 1.165) is 18.8 Å². The highest BCUT2D eigenvalue weighted by Gasteiger charge is 2.26. The minimum atomic E-state index is -4.00. The average Bonchev–Trinajstić information content (AvgIpc) is 2.97. The molecule has 0 spiro atoms. The minimum Gasteiger partial charge on any atom is -0.449 e. The summed E-state index contributed by atoms with van der Waals surface area (Å²) in [6, 6.07) is 21.6. The first kappa shape index (κ1) is 27.9. The topological polar surface area (TPSA) is 105 Å². The summed E-state index contributed by atoms with van der Waals surface area (Å²) in [5.41, 5.74) is 2.08. The highest BCUT2D eigenvalue weighted by atomic mass is 32.2. The predicted molar refractivity (Wildman–Crippen MR) is 151 cm³/mol. The first-order chi connectivity index (χ1) is 18.8. The van der Waals surface area contributed by atoms with Crippen molar-refractivity contribution >= 4 is 39.0 Å². The molecule has 1 heterocycles. The van der Waals surface area contributed by atoms with Crippen LogP contribution in [-0.4, -0.2) is 59.2 Å².